The smallest absolute Gasteiger partial charge is 0.161 e. The van der Waals surface area contributed by atoms with E-state index in [0.717, 1.165) is 23.9 Å². The van der Waals surface area contributed by atoms with Crippen LogP contribution in [0.4, 0.5) is 5.69 Å². The van der Waals surface area contributed by atoms with Gasteiger partial charge in [0, 0.05) is 18.0 Å². The summed E-state index contributed by atoms with van der Waals surface area (Å²) in [5.41, 5.74) is 1.03. The highest BCUT2D eigenvalue weighted by molar-refractivity contribution is 8.15. The molecule has 5 heteroatoms. The molecule has 2 heterocycles. The molecular weight excluding hydrogens is 220 g/mol. The number of hydrogen-bond acceptors (Lipinski definition) is 4. The zero-order chi connectivity index (χ0) is 11.5. The second-order valence-corrected chi connectivity index (χ2v) is 5.48. The van der Waals surface area contributed by atoms with E-state index in [9.17, 15) is 0 Å². The van der Waals surface area contributed by atoms with E-state index >= 15 is 0 Å². The number of nitrogens with one attached hydrogen (secondary N) is 1. The van der Waals surface area contributed by atoms with Gasteiger partial charge in [0.05, 0.1) is 18.4 Å². The first-order valence-electron chi connectivity index (χ1n) is 5.69. The van der Waals surface area contributed by atoms with Crippen LogP contribution in [0.1, 0.15) is 20.8 Å². The van der Waals surface area contributed by atoms with Crippen LogP contribution in [-0.4, -0.2) is 26.7 Å². The number of aryl methyl sites for hydroxylation is 1. The first-order chi connectivity index (χ1) is 7.69. The van der Waals surface area contributed by atoms with Crippen molar-refractivity contribution >= 4 is 22.6 Å². The molecule has 0 saturated heterocycles. The van der Waals surface area contributed by atoms with Crippen molar-refractivity contribution in [2.45, 2.75) is 32.6 Å². The Morgan fingerprint density at radius 2 is 2.44 bits per heavy atom. The topological polar surface area (TPSA) is 42.2 Å². The largest absolute Gasteiger partial charge is 0.332 e. The Kier molecular flexibility index (Phi) is 3.53. The van der Waals surface area contributed by atoms with Crippen molar-refractivity contribution in [2.75, 3.05) is 11.9 Å². The predicted octanol–water partition coefficient (Wildman–Crippen LogP) is 2.44. The van der Waals surface area contributed by atoms with Crippen LogP contribution in [-0.2, 0) is 6.54 Å². The normalized spacial score (nSPS) is 20.2. The summed E-state index contributed by atoms with van der Waals surface area (Å²) in [6.07, 6.45) is 3.85. The van der Waals surface area contributed by atoms with E-state index in [1.165, 1.54) is 0 Å². The fraction of sp³-hybridized carbons (Fsp3) is 0.636. The Hall–Kier alpha value is -0.970. The molecule has 1 aromatic heterocycles. The maximum absolute atomic E-state index is 4.50. The molecule has 1 unspecified atom stereocenters. The van der Waals surface area contributed by atoms with Crippen LogP contribution in [0, 0.1) is 5.92 Å². The van der Waals surface area contributed by atoms with Crippen molar-refractivity contribution in [3.8, 4) is 0 Å². The molecule has 0 spiro atoms. The number of aliphatic imine (C=N–C) groups is 1. The van der Waals surface area contributed by atoms with E-state index in [2.05, 4.69) is 36.2 Å². The van der Waals surface area contributed by atoms with Crippen LogP contribution in [0.5, 0.6) is 0 Å². The summed E-state index contributed by atoms with van der Waals surface area (Å²) in [6.45, 7) is 8.38. The van der Waals surface area contributed by atoms with Gasteiger partial charge in [-0.25, -0.2) is 0 Å². The highest BCUT2D eigenvalue weighted by atomic mass is 32.2. The lowest BCUT2D eigenvalue weighted by Crippen LogP contribution is -2.12. The van der Waals surface area contributed by atoms with E-state index in [1.807, 2.05) is 28.8 Å². The molecule has 1 aromatic rings. The van der Waals surface area contributed by atoms with E-state index in [-0.39, 0.29) is 0 Å². The summed E-state index contributed by atoms with van der Waals surface area (Å²) in [7, 11) is 0. The average molecular weight is 238 g/mol. The molecule has 0 radical (unpaired) electrons. The molecule has 0 bridgehead atoms. The predicted molar refractivity (Wildman–Crippen MR) is 70.0 cm³/mol. The number of hydrogen-bond donors (Lipinski definition) is 1. The third-order valence-electron chi connectivity index (χ3n) is 2.63. The van der Waals surface area contributed by atoms with Gasteiger partial charge in [-0.15, -0.1) is 0 Å². The number of anilines is 1. The molecule has 0 aliphatic carbocycles. The summed E-state index contributed by atoms with van der Waals surface area (Å²) in [5, 5.41) is 9.17. The van der Waals surface area contributed by atoms with E-state index in [0.29, 0.717) is 11.2 Å². The van der Waals surface area contributed by atoms with Crippen LogP contribution in [0.2, 0.25) is 0 Å². The molecule has 1 atom stereocenters. The third-order valence-corrected chi connectivity index (χ3v) is 4.08. The van der Waals surface area contributed by atoms with Gasteiger partial charge in [-0.2, -0.15) is 5.10 Å². The van der Waals surface area contributed by atoms with Crippen molar-refractivity contribution in [1.29, 1.82) is 0 Å². The Balaban J connectivity index is 1.91. The Morgan fingerprint density at radius 1 is 1.62 bits per heavy atom. The van der Waals surface area contributed by atoms with Gasteiger partial charge in [-0.1, -0.05) is 25.6 Å². The Morgan fingerprint density at radius 3 is 3.00 bits per heavy atom. The fourth-order valence-electron chi connectivity index (χ4n) is 1.53. The Labute approximate surface area is 101 Å². The maximum Gasteiger partial charge on any atom is 0.161 e. The molecule has 88 valence electrons. The quantitative estimate of drug-likeness (QED) is 0.879. The van der Waals surface area contributed by atoms with Crippen LogP contribution < -0.4 is 5.32 Å². The van der Waals surface area contributed by atoms with Crippen molar-refractivity contribution in [3.63, 3.8) is 0 Å². The van der Waals surface area contributed by atoms with Crippen LogP contribution in [0.3, 0.4) is 0 Å². The molecular formula is C11H18N4S. The second-order valence-electron chi connectivity index (χ2n) is 4.26. The van der Waals surface area contributed by atoms with Gasteiger partial charge in [0.25, 0.3) is 0 Å². The summed E-state index contributed by atoms with van der Waals surface area (Å²) in [4.78, 5) is 4.50. The van der Waals surface area contributed by atoms with Crippen molar-refractivity contribution in [1.82, 2.24) is 9.78 Å². The lowest BCUT2D eigenvalue weighted by molar-refractivity contribution is 0.621. The SMILES string of the molecule is CCn1cc(NC2=NCC(C(C)C)S2)cn1. The van der Waals surface area contributed by atoms with Crippen LogP contribution in [0.15, 0.2) is 17.4 Å². The Bertz CT molecular complexity index is 383. The number of aromatic nitrogens is 2. The minimum Gasteiger partial charge on any atom is -0.332 e. The first-order valence-corrected chi connectivity index (χ1v) is 6.57. The second kappa shape index (κ2) is 4.91. The van der Waals surface area contributed by atoms with Crippen molar-refractivity contribution in [3.05, 3.63) is 12.4 Å². The molecule has 1 aliphatic heterocycles. The highest BCUT2D eigenvalue weighted by Crippen LogP contribution is 2.27. The zero-order valence-corrected chi connectivity index (χ0v) is 10.8. The molecule has 0 saturated carbocycles. The molecule has 0 amide bonds. The van der Waals surface area contributed by atoms with Gasteiger partial charge in [0.15, 0.2) is 5.17 Å². The third kappa shape index (κ3) is 2.58. The van der Waals surface area contributed by atoms with Gasteiger partial charge < -0.3 is 5.32 Å². The van der Waals surface area contributed by atoms with Gasteiger partial charge in [0.2, 0.25) is 0 Å². The summed E-state index contributed by atoms with van der Waals surface area (Å²) < 4.78 is 1.91. The minimum absolute atomic E-state index is 0.615. The summed E-state index contributed by atoms with van der Waals surface area (Å²) in [6, 6.07) is 0. The summed E-state index contributed by atoms with van der Waals surface area (Å²) in [5.74, 6) is 0.673. The molecule has 2 rings (SSSR count). The number of thioether (sulfide) groups is 1. The zero-order valence-electron chi connectivity index (χ0n) is 9.97. The van der Waals surface area contributed by atoms with E-state index < -0.39 is 0 Å². The number of nitrogens with zero attached hydrogens (tertiary/aromatic N) is 3. The van der Waals surface area contributed by atoms with E-state index in [4.69, 9.17) is 0 Å². The van der Waals surface area contributed by atoms with Gasteiger partial charge in [0.1, 0.15) is 0 Å². The standard InChI is InChI=1S/C11H18N4S/c1-4-15-7-9(5-13-15)14-11-12-6-10(16-11)8(2)3/h5,7-8,10H,4,6H2,1-3H3,(H,12,14). The first kappa shape index (κ1) is 11.5. The van der Waals surface area contributed by atoms with Crippen LogP contribution >= 0.6 is 11.8 Å². The van der Waals surface area contributed by atoms with Crippen LogP contribution in [0.25, 0.3) is 0 Å². The van der Waals surface area contributed by atoms with E-state index in [1.54, 1.807) is 0 Å². The number of rotatable bonds is 3. The molecule has 0 fully saturated rings. The highest BCUT2D eigenvalue weighted by Gasteiger charge is 2.22. The minimum atomic E-state index is 0.615. The average Bonchev–Trinajstić information content (AvgIpc) is 2.87. The van der Waals surface area contributed by atoms with Gasteiger partial charge >= 0.3 is 0 Å². The molecule has 1 N–H and O–H groups in total. The molecule has 0 aromatic carbocycles. The lowest BCUT2D eigenvalue weighted by atomic mass is 10.1. The lowest BCUT2D eigenvalue weighted by Gasteiger charge is -2.11. The molecule has 1 aliphatic rings. The summed E-state index contributed by atoms with van der Waals surface area (Å²) >= 11 is 1.83. The maximum atomic E-state index is 4.50. The van der Waals surface area contributed by atoms with Gasteiger partial charge in [-0.3, -0.25) is 9.67 Å². The monoisotopic (exact) mass is 238 g/mol. The molecule has 4 nitrogen and oxygen atoms in total. The van der Waals surface area contributed by atoms with Crippen molar-refractivity contribution < 1.29 is 0 Å². The fourth-order valence-corrected chi connectivity index (χ4v) is 2.57. The number of amidine groups is 1. The molecule has 16 heavy (non-hydrogen) atoms. The van der Waals surface area contributed by atoms with Gasteiger partial charge in [-0.05, 0) is 12.8 Å². The van der Waals surface area contributed by atoms with Crippen molar-refractivity contribution in [2.24, 2.45) is 10.9 Å².